The number of ether oxygens (including phenoxy) is 1. The average Bonchev–Trinajstić information content (AvgIpc) is 2.40. The third-order valence-corrected chi connectivity index (χ3v) is 4.49. The van der Waals surface area contributed by atoms with Gasteiger partial charge in [-0.3, -0.25) is 4.98 Å². The minimum Gasteiger partial charge on any atom is -0.494 e. The van der Waals surface area contributed by atoms with E-state index in [2.05, 4.69) is 4.98 Å². The fourth-order valence-corrected chi connectivity index (χ4v) is 3.35. The maximum absolute atomic E-state index is 13.1. The Bertz CT molecular complexity index is 748. The first kappa shape index (κ1) is 15.2. The number of halogens is 1. The molecule has 0 amide bonds. The third kappa shape index (κ3) is 3.69. The summed E-state index contributed by atoms with van der Waals surface area (Å²) in [5, 5.41) is 0. The zero-order valence-electron chi connectivity index (χ0n) is 11.4. The van der Waals surface area contributed by atoms with E-state index in [-0.39, 0.29) is 21.9 Å². The van der Waals surface area contributed by atoms with Gasteiger partial charge in [0.25, 0.3) is 0 Å². The molecule has 0 bridgehead atoms. The Morgan fingerprint density at radius 3 is 2.71 bits per heavy atom. The normalized spacial score (nSPS) is 11.3. The molecule has 0 atom stereocenters. The zero-order valence-corrected chi connectivity index (χ0v) is 12.2. The molecule has 0 aliphatic carbocycles. The molecule has 112 valence electrons. The Kier molecular flexibility index (Phi) is 4.42. The molecule has 1 aromatic heterocycles. The summed E-state index contributed by atoms with van der Waals surface area (Å²) in [5.41, 5.74) is 6.12. The van der Waals surface area contributed by atoms with Crippen LogP contribution in [0.25, 0.3) is 0 Å². The van der Waals surface area contributed by atoms with Gasteiger partial charge in [-0.25, -0.2) is 12.8 Å². The van der Waals surface area contributed by atoms with Gasteiger partial charge in [-0.2, -0.15) is 0 Å². The number of benzene rings is 1. The van der Waals surface area contributed by atoms with Crippen LogP contribution in [-0.2, 0) is 15.6 Å². The molecule has 1 aromatic carbocycles. The summed E-state index contributed by atoms with van der Waals surface area (Å²) < 4.78 is 43.2. The van der Waals surface area contributed by atoms with Crippen LogP contribution < -0.4 is 10.5 Å². The second kappa shape index (κ2) is 6.09. The Balaban J connectivity index is 2.37. The van der Waals surface area contributed by atoms with Gasteiger partial charge in [-0.15, -0.1) is 0 Å². The summed E-state index contributed by atoms with van der Waals surface area (Å²) in [5.74, 6) is -0.543. The summed E-state index contributed by atoms with van der Waals surface area (Å²) >= 11 is 0. The predicted octanol–water partition coefficient (Wildman–Crippen LogP) is 2.18. The monoisotopic (exact) mass is 310 g/mol. The number of rotatable bonds is 5. The Morgan fingerprint density at radius 1 is 1.29 bits per heavy atom. The number of anilines is 1. The van der Waals surface area contributed by atoms with Crippen LogP contribution in [-0.4, -0.2) is 20.0 Å². The van der Waals surface area contributed by atoms with Crippen molar-refractivity contribution in [2.45, 2.75) is 17.6 Å². The van der Waals surface area contributed by atoms with Crippen molar-refractivity contribution in [3.8, 4) is 5.75 Å². The Morgan fingerprint density at radius 2 is 2.05 bits per heavy atom. The fraction of sp³-hybridized carbons (Fsp3) is 0.214. The lowest BCUT2D eigenvalue weighted by Gasteiger charge is -2.10. The van der Waals surface area contributed by atoms with Gasteiger partial charge in [0.15, 0.2) is 9.84 Å². The van der Waals surface area contributed by atoms with Gasteiger partial charge >= 0.3 is 0 Å². The lowest BCUT2D eigenvalue weighted by Crippen LogP contribution is -2.09. The van der Waals surface area contributed by atoms with Crippen molar-refractivity contribution in [3.63, 3.8) is 0 Å². The van der Waals surface area contributed by atoms with Gasteiger partial charge in [-0.05, 0) is 30.7 Å². The quantitative estimate of drug-likeness (QED) is 0.856. The third-order valence-electron chi connectivity index (χ3n) is 2.75. The van der Waals surface area contributed by atoms with Crippen molar-refractivity contribution in [1.29, 1.82) is 0 Å². The topological polar surface area (TPSA) is 82.3 Å². The van der Waals surface area contributed by atoms with Gasteiger partial charge in [0, 0.05) is 12.3 Å². The van der Waals surface area contributed by atoms with E-state index < -0.39 is 15.7 Å². The van der Waals surface area contributed by atoms with Crippen molar-refractivity contribution in [3.05, 3.63) is 48.0 Å². The largest absolute Gasteiger partial charge is 0.494 e. The predicted molar refractivity (Wildman–Crippen MR) is 77.1 cm³/mol. The Labute approximate surface area is 122 Å². The van der Waals surface area contributed by atoms with E-state index in [1.165, 1.54) is 18.3 Å². The van der Waals surface area contributed by atoms with Crippen molar-refractivity contribution in [1.82, 2.24) is 4.98 Å². The molecule has 21 heavy (non-hydrogen) atoms. The first-order valence-corrected chi connectivity index (χ1v) is 7.92. The molecule has 7 heteroatoms. The highest BCUT2D eigenvalue weighted by Crippen LogP contribution is 2.27. The molecular weight excluding hydrogens is 295 g/mol. The second-order valence-electron chi connectivity index (χ2n) is 4.40. The van der Waals surface area contributed by atoms with E-state index >= 15 is 0 Å². The van der Waals surface area contributed by atoms with E-state index in [4.69, 9.17) is 10.5 Å². The van der Waals surface area contributed by atoms with E-state index in [0.29, 0.717) is 12.4 Å². The number of hydrogen-bond acceptors (Lipinski definition) is 5. The van der Waals surface area contributed by atoms with E-state index in [1.54, 1.807) is 13.0 Å². The van der Waals surface area contributed by atoms with Crippen LogP contribution in [0.2, 0.25) is 0 Å². The number of hydrogen-bond donors (Lipinski definition) is 1. The highest BCUT2D eigenvalue weighted by Gasteiger charge is 2.20. The van der Waals surface area contributed by atoms with Gasteiger partial charge in [-0.1, -0.05) is 0 Å². The number of nitrogens with two attached hydrogens (primary N) is 1. The number of aromatic nitrogens is 1. The maximum atomic E-state index is 13.1. The van der Waals surface area contributed by atoms with Crippen LogP contribution in [0.3, 0.4) is 0 Å². The van der Waals surface area contributed by atoms with Gasteiger partial charge < -0.3 is 10.5 Å². The fourth-order valence-electron chi connectivity index (χ4n) is 1.87. The van der Waals surface area contributed by atoms with Crippen molar-refractivity contribution < 1.29 is 17.5 Å². The van der Waals surface area contributed by atoms with E-state index in [1.807, 2.05) is 0 Å². The molecular formula is C14H15FN2O3S. The van der Waals surface area contributed by atoms with Crippen molar-refractivity contribution in [2.75, 3.05) is 12.3 Å². The van der Waals surface area contributed by atoms with Crippen LogP contribution in [0.5, 0.6) is 5.75 Å². The zero-order chi connectivity index (χ0) is 15.5. The van der Waals surface area contributed by atoms with Gasteiger partial charge in [0.1, 0.15) is 11.6 Å². The minimum atomic E-state index is -3.71. The molecule has 5 nitrogen and oxygen atoms in total. The summed E-state index contributed by atoms with van der Waals surface area (Å²) in [6, 6.07) is 5.58. The average molecular weight is 310 g/mol. The molecule has 0 fully saturated rings. The lowest BCUT2D eigenvalue weighted by atomic mass is 10.3. The van der Waals surface area contributed by atoms with E-state index in [0.717, 1.165) is 12.3 Å². The molecule has 2 rings (SSSR count). The van der Waals surface area contributed by atoms with Crippen LogP contribution in [0.15, 0.2) is 41.6 Å². The first-order valence-electron chi connectivity index (χ1n) is 6.27. The molecule has 0 aliphatic heterocycles. The van der Waals surface area contributed by atoms with Crippen molar-refractivity contribution >= 4 is 15.5 Å². The highest BCUT2D eigenvalue weighted by atomic mass is 32.2. The van der Waals surface area contributed by atoms with Crippen LogP contribution in [0.4, 0.5) is 10.1 Å². The number of nitrogen functional groups attached to an aromatic ring is 1. The number of nitrogens with zero attached hydrogens (tertiary/aromatic N) is 1. The first-order chi connectivity index (χ1) is 9.92. The molecule has 2 N–H and O–H groups in total. The summed E-state index contributed by atoms with van der Waals surface area (Å²) in [6.45, 7) is 2.21. The lowest BCUT2D eigenvalue weighted by molar-refractivity contribution is 0.339. The van der Waals surface area contributed by atoms with Gasteiger partial charge in [0.05, 0.1) is 29.1 Å². The maximum Gasteiger partial charge on any atom is 0.184 e. The SMILES string of the molecule is CCOc1ccc(N)c(S(=O)(=O)Cc2cncc(F)c2)c1. The number of pyridine rings is 1. The molecule has 0 spiro atoms. The molecule has 0 unspecified atom stereocenters. The van der Waals surface area contributed by atoms with Crippen LogP contribution >= 0.6 is 0 Å². The Hall–Kier alpha value is -2.15. The van der Waals surface area contributed by atoms with Crippen LogP contribution in [0, 0.1) is 5.82 Å². The summed E-state index contributed by atoms with van der Waals surface area (Å²) in [4.78, 5) is 3.61. The summed E-state index contributed by atoms with van der Waals surface area (Å²) in [7, 11) is -3.71. The smallest absolute Gasteiger partial charge is 0.184 e. The second-order valence-corrected chi connectivity index (χ2v) is 6.36. The number of sulfone groups is 1. The molecule has 0 saturated carbocycles. The molecule has 1 heterocycles. The van der Waals surface area contributed by atoms with Crippen LogP contribution in [0.1, 0.15) is 12.5 Å². The van der Waals surface area contributed by atoms with E-state index in [9.17, 15) is 12.8 Å². The summed E-state index contributed by atoms with van der Waals surface area (Å²) in [6.07, 6.45) is 2.32. The highest BCUT2D eigenvalue weighted by molar-refractivity contribution is 7.90. The molecule has 0 radical (unpaired) electrons. The molecule has 0 aliphatic rings. The standard InChI is InChI=1S/C14H15FN2O3S/c1-2-20-12-3-4-13(16)14(6-12)21(18,19)9-10-5-11(15)8-17-7-10/h3-8H,2,9,16H2,1H3. The van der Waals surface area contributed by atoms with Crippen molar-refractivity contribution in [2.24, 2.45) is 0 Å². The molecule has 2 aromatic rings. The minimum absolute atomic E-state index is 0.0299. The van der Waals surface area contributed by atoms with Gasteiger partial charge in [0.2, 0.25) is 0 Å². The molecule has 0 saturated heterocycles.